The van der Waals surface area contributed by atoms with Gasteiger partial charge in [-0.3, -0.25) is 9.80 Å². The predicted octanol–water partition coefficient (Wildman–Crippen LogP) is 0.888. The van der Waals surface area contributed by atoms with Gasteiger partial charge < -0.3 is 5.11 Å². The van der Waals surface area contributed by atoms with E-state index < -0.39 is 29.9 Å². The lowest BCUT2D eigenvalue weighted by Crippen LogP contribution is -2.50. The number of rotatable bonds is 4. The third-order valence-electron chi connectivity index (χ3n) is 4.23. The Bertz CT molecular complexity index is 404. The Labute approximate surface area is 113 Å². The number of carbonyl (C=O) groups is 1. The highest BCUT2D eigenvalue weighted by Gasteiger charge is 2.48. The van der Waals surface area contributed by atoms with Crippen LogP contribution in [0, 0.1) is 39.9 Å². The first-order valence-electron chi connectivity index (χ1n) is 6.49. The molecule has 6 heteroatoms. The fraction of sp³-hybridized carbons (Fsp3) is 0.769. The van der Waals surface area contributed by atoms with Gasteiger partial charge in [0.2, 0.25) is 0 Å². The number of aliphatic hydroxyl groups excluding tert-OH is 1. The van der Waals surface area contributed by atoms with Crippen molar-refractivity contribution < 1.29 is 9.90 Å². The second kappa shape index (κ2) is 6.51. The Morgan fingerprint density at radius 2 is 1.95 bits per heavy atom. The van der Waals surface area contributed by atoms with Crippen LogP contribution in [0.5, 0.6) is 0 Å². The molecule has 1 fully saturated rings. The summed E-state index contributed by atoms with van der Waals surface area (Å²) in [5, 5.41) is 28.1. The van der Waals surface area contributed by atoms with Crippen LogP contribution in [-0.4, -0.2) is 22.8 Å². The molecule has 0 aromatic carbocycles. The largest absolute Gasteiger partial charge is 0.375 e. The Balaban J connectivity index is 3.12. The third kappa shape index (κ3) is 2.86. The highest BCUT2D eigenvalue weighted by molar-refractivity contribution is 5.81. The molecule has 2 atom stereocenters. The number of nitrogens with zero attached hydrogens (tertiary/aromatic N) is 3. The molecule has 104 valence electrons. The van der Waals surface area contributed by atoms with E-state index in [1.165, 1.54) is 0 Å². The number of carbonyl (C=O) groups excluding carboxylic acids is 1. The van der Waals surface area contributed by atoms with Gasteiger partial charge in [0.25, 0.3) is 5.91 Å². The molecule has 2 unspecified atom stereocenters. The number of hydrogen-bond acceptors (Lipinski definition) is 5. The van der Waals surface area contributed by atoms with Crippen LogP contribution in [0.1, 0.15) is 39.0 Å². The molecule has 3 N–H and O–H groups in total. The van der Waals surface area contributed by atoms with E-state index in [9.17, 15) is 15.3 Å². The maximum atomic E-state index is 12.1. The van der Waals surface area contributed by atoms with Crippen LogP contribution in [-0.2, 0) is 4.79 Å². The Kier molecular flexibility index (Phi) is 5.29. The first-order chi connectivity index (χ1) is 9.03. The molecule has 1 aliphatic carbocycles. The zero-order valence-corrected chi connectivity index (χ0v) is 11.2. The lowest BCUT2D eigenvalue weighted by atomic mass is 9.60. The standard InChI is InChI=1S/C13H20N4O2/c1-10(7-14)13(5-3-2-4-6-13)11(8-15)12(19)17(16)9-18/h10-11,18H,2-6,9,16H2,1H3. The van der Waals surface area contributed by atoms with Crippen molar-refractivity contribution in [1.82, 2.24) is 5.01 Å². The van der Waals surface area contributed by atoms with Gasteiger partial charge in [0.05, 0.1) is 18.1 Å². The Morgan fingerprint density at radius 3 is 2.37 bits per heavy atom. The second-order valence-electron chi connectivity index (χ2n) is 5.16. The van der Waals surface area contributed by atoms with Crippen molar-refractivity contribution in [1.29, 1.82) is 10.5 Å². The quantitative estimate of drug-likeness (QED) is 0.339. The van der Waals surface area contributed by atoms with Gasteiger partial charge in [0, 0.05) is 5.41 Å². The van der Waals surface area contributed by atoms with Crippen molar-refractivity contribution in [2.24, 2.45) is 23.1 Å². The summed E-state index contributed by atoms with van der Waals surface area (Å²) in [6.07, 6.45) is 4.21. The van der Waals surface area contributed by atoms with Gasteiger partial charge in [-0.25, -0.2) is 5.84 Å². The summed E-state index contributed by atoms with van der Waals surface area (Å²) < 4.78 is 0. The van der Waals surface area contributed by atoms with Crippen LogP contribution in [0.3, 0.4) is 0 Å². The molecule has 6 nitrogen and oxygen atoms in total. The van der Waals surface area contributed by atoms with Crippen molar-refractivity contribution >= 4 is 5.91 Å². The summed E-state index contributed by atoms with van der Waals surface area (Å²) in [6.45, 7) is 1.12. The molecular formula is C13H20N4O2. The Morgan fingerprint density at radius 1 is 1.37 bits per heavy atom. The van der Waals surface area contributed by atoms with Crippen molar-refractivity contribution in [3.8, 4) is 12.1 Å². The topological polar surface area (TPSA) is 114 Å². The molecule has 0 saturated heterocycles. The van der Waals surface area contributed by atoms with Crippen LogP contribution in [0.4, 0.5) is 0 Å². The van der Waals surface area contributed by atoms with Crippen LogP contribution in [0.15, 0.2) is 0 Å². The van der Waals surface area contributed by atoms with Crippen LogP contribution in [0.2, 0.25) is 0 Å². The van der Waals surface area contributed by atoms with Crippen molar-refractivity contribution in [3.05, 3.63) is 0 Å². The minimum Gasteiger partial charge on any atom is -0.375 e. The summed E-state index contributed by atoms with van der Waals surface area (Å²) in [4.78, 5) is 12.1. The molecule has 0 spiro atoms. The fourth-order valence-corrected chi connectivity index (χ4v) is 2.98. The molecule has 0 radical (unpaired) electrons. The smallest absolute Gasteiger partial charge is 0.256 e. The van der Waals surface area contributed by atoms with Gasteiger partial charge in [0.15, 0.2) is 0 Å². The monoisotopic (exact) mass is 264 g/mol. The molecule has 1 saturated carbocycles. The number of aliphatic hydroxyl groups is 1. The van der Waals surface area contributed by atoms with E-state index in [0.29, 0.717) is 17.9 Å². The first-order valence-corrected chi connectivity index (χ1v) is 6.49. The average Bonchev–Trinajstić information content (AvgIpc) is 2.46. The third-order valence-corrected chi connectivity index (χ3v) is 4.23. The lowest BCUT2D eigenvalue weighted by Gasteiger charge is -2.42. The normalized spacial score (nSPS) is 20.7. The molecule has 19 heavy (non-hydrogen) atoms. The second-order valence-corrected chi connectivity index (χ2v) is 5.16. The van der Waals surface area contributed by atoms with Gasteiger partial charge in [-0.2, -0.15) is 10.5 Å². The van der Waals surface area contributed by atoms with Crippen molar-refractivity contribution in [3.63, 3.8) is 0 Å². The van der Waals surface area contributed by atoms with E-state index in [1.807, 2.05) is 6.07 Å². The van der Waals surface area contributed by atoms with E-state index in [2.05, 4.69) is 6.07 Å². The summed E-state index contributed by atoms with van der Waals surface area (Å²) in [6, 6.07) is 4.19. The SMILES string of the molecule is CC(C#N)C1(C(C#N)C(=O)N(N)CO)CCCCC1. The zero-order chi connectivity index (χ0) is 14.5. The van der Waals surface area contributed by atoms with Crippen LogP contribution < -0.4 is 5.84 Å². The zero-order valence-electron chi connectivity index (χ0n) is 11.2. The van der Waals surface area contributed by atoms with Gasteiger partial charge in [-0.05, 0) is 19.8 Å². The van der Waals surface area contributed by atoms with E-state index in [1.54, 1.807) is 6.92 Å². The summed E-state index contributed by atoms with van der Waals surface area (Å²) in [7, 11) is 0. The summed E-state index contributed by atoms with van der Waals surface area (Å²) >= 11 is 0. The van der Waals surface area contributed by atoms with Crippen LogP contribution >= 0.6 is 0 Å². The first kappa shape index (κ1) is 15.4. The number of amides is 1. The van der Waals surface area contributed by atoms with Crippen molar-refractivity contribution in [2.45, 2.75) is 39.0 Å². The van der Waals surface area contributed by atoms with E-state index in [-0.39, 0.29) is 0 Å². The van der Waals surface area contributed by atoms with Crippen LogP contribution in [0.25, 0.3) is 0 Å². The highest BCUT2D eigenvalue weighted by atomic mass is 16.3. The molecule has 0 aromatic rings. The fourth-order valence-electron chi connectivity index (χ4n) is 2.98. The van der Waals surface area contributed by atoms with E-state index in [4.69, 9.17) is 10.9 Å². The number of hydrogen-bond donors (Lipinski definition) is 2. The highest BCUT2D eigenvalue weighted by Crippen LogP contribution is 2.48. The molecule has 0 aromatic heterocycles. The molecule has 0 aliphatic heterocycles. The maximum Gasteiger partial charge on any atom is 0.256 e. The lowest BCUT2D eigenvalue weighted by molar-refractivity contribution is -0.143. The molecule has 1 rings (SSSR count). The van der Waals surface area contributed by atoms with Gasteiger partial charge in [0.1, 0.15) is 12.6 Å². The summed E-state index contributed by atoms with van der Waals surface area (Å²) in [5.41, 5.74) is -0.647. The minimum atomic E-state index is -0.973. The minimum absolute atomic E-state index is 0.395. The maximum absolute atomic E-state index is 12.1. The Hall–Kier alpha value is -1.63. The predicted molar refractivity (Wildman–Crippen MR) is 67.5 cm³/mol. The average molecular weight is 264 g/mol. The van der Waals surface area contributed by atoms with E-state index in [0.717, 1.165) is 19.3 Å². The molecule has 1 aliphatic rings. The van der Waals surface area contributed by atoms with E-state index >= 15 is 0 Å². The van der Waals surface area contributed by atoms with Gasteiger partial charge in [-0.1, -0.05) is 19.3 Å². The number of nitrogens with two attached hydrogens (primary N) is 1. The molecule has 0 bridgehead atoms. The summed E-state index contributed by atoms with van der Waals surface area (Å²) in [5.74, 6) is 3.43. The van der Waals surface area contributed by atoms with Crippen molar-refractivity contribution in [2.75, 3.05) is 6.73 Å². The number of hydrazine groups is 1. The molecule has 0 heterocycles. The molecular weight excluding hydrogens is 244 g/mol. The van der Waals surface area contributed by atoms with Gasteiger partial charge >= 0.3 is 0 Å². The van der Waals surface area contributed by atoms with Gasteiger partial charge in [-0.15, -0.1) is 0 Å². The molecule has 1 amide bonds. The number of nitriles is 2.